The third-order valence-electron chi connectivity index (χ3n) is 5.41. The summed E-state index contributed by atoms with van der Waals surface area (Å²) in [6.45, 7) is 3.75. The highest BCUT2D eigenvalue weighted by Crippen LogP contribution is 2.38. The summed E-state index contributed by atoms with van der Waals surface area (Å²) < 4.78 is 55.1. The van der Waals surface area contributed by atoms with E-state index in [-0.39, 0.29) is 17.0 Å². The van der Waals surface area contributed by atoms with Gasteiger partial charge in [0.05, 0.1) is 5.56 Å². The Hall–Kier alpha value is -2.54. The molecule has 0 heterocycles. The van der Waals surface area contributed by atoms with E-state index in [1.165, 1.54) is 18.2 Å². The largest absolute Gasteiger partial charge is 0.206 e. The second-order valence-corrected chi connectivity index (χ2v) is 7.32. The van der Waals surface area contributed by atoms with Crippen LogP contribution in [0.3, 0.4) is 0 Å². The first-order chi connectivity index (χ1) is 13.5. The van der Waals surface area contributed by atoms with E-state index in [0.29, 0.717) is 11.5 Å². The molecule has 146 valence electrons. The van der Waals surface area contributed by atoms with Crippen molar-refractivity contribution < 1.29 is 17.6 Å². The molecule has 0 atom stereocenters. The molecule has 0 N–H and O–H groups in total. The van der Waals surface area contributed by atoms with Crippen LogP contribution >= 0.6 is 0 Å². The molecule has 1 fully saturated rings. The van der Waals surface area contributed by atoms with Crippen molar-refractivity contribution in [2.45, 2.75) is 44.4 Å². The molecular formula is C24H22F4. The van der Waals surface area contributed by atoms with Gasteiger partial charge in [-0.25, -0.2) is 17.6 Å². The van der Waals surface area contributed by atoms with Crippen LogP contribution in [0.25, 0.3) is 0 Å². The normalized spacial score (nSPS) is 19.0. The topological polar surface area (TPSA) is 0 Å². The second kappa shape index (κ2) is 9.10. The van der Waals surface area contributed by atoms with Crippen LogP contribution in [0.2, 0.25) is 0 Å². The summed E-state index contributed by atoms with van der Waals surface area (Å²) in [6, 6.07) is 5.80. The van der Waals surface area contributed by atoms with E-state index in [1.54, 1.807) is 0 Å². The van der Waals surface area contributed by atoms with Gasteiger partial charge in [-0.2, -0.15) is 0 Å². The van der Waals surface area contributed by atoms with Crippen molar-refractivity contribution in [3.05, 3.63) is 82.9 Å². The molecule has 0 saturated heterocycles. The van der Waals surface area contributed by atoms with Gasteiger partial charge < -0.3 is 0 Å². The van der Waals surface area contributed by atoms with Gasteiger partial charge in [0.1, 0.15) is 11.6 Å². The molecule has 0 amide bonds. The van der Waals surface area contributed by atoms with Gasteiger partial charge in [0.25, 0.3) is 0 Å². The predicted molar refractivity (Wildman–Crippen MR) is 103 cm³/mol. The van der Waals surface area contributed by atoms with Crippen molar-refractivity contribution >= 4 is 0 Å². The SMILES string of the molecule is C=CCC[C@H]1CC[C@H](c2cc(F)c(C#Cc3ccc(F)c(F)c3)c(F)c2)CC1. The third kappa shape index (κ3) is 4.84. The standard InChI is InChI=1S/C24H22F4/c1-2-3-4-16-5-9-18(10-6-16)19-14-22(26)20(23(27)15-19)11-7-17-8-12-21(25)24(28)13-17/h2,8,12-16,18H,1,3-6,9-10H2/t16-,18-. The molecule has 0 nitrogen and oxygen atoms in total. The maximum absolute atomic E-state index is 14.5. The van der Waals surface area contributed by atoms with Gasteiger partial charge in [-0.3, -0.25) is 0 Å². The molecule has 1 saturated carbocycles. The quantitative estimate of drug-likeness (QED) is 0.305. The first-order valence-electron chi connectivity index (χ1n) is 9.55. The number of allylic oxidation sites excluding steroid dienone is 1. The zero-order valence-corrected chi connectivity index (χ0v) is 15.6. The van der Waals surface area contributed by atoms with Gasteiger partial charge in [-0.15, -0.1) is 6.58 Å². The molecule has 28 heavy (non-hydrogen) atoms. The molecule has 2 aromatic rings. The highest BCUT2D eigenvalue weighted by molar-refractivity contribution is 5.45. The zero-order chi connectivity index (χ0) is 20.1. The molecule has 1 aliphatic carbocycles. The molecule has 0 bridgehead atoms. The van der Waals surface area contributed by atoms with E-state index >= 15 is 0 Å². The number of hydrogen-bond donors (Lipinski definition) is 0. The molecule has 0 aromatic heterocycles. The lowest BCUT2D eigenvalue weighted by atomic mass is 9.77. The Morgan fingerprint density at radius 1 is 0.857 bits per heavy atom. The van der Waals surface area contributed by atoms with Gasteiger partial charge in [0.2, 0.25) is 0 Å². The Labute approximate surface area is 163 Å². The fraction of sp³-hybridized carbons (Fsp3) is 0.333. The summed E-state index contributed by atoms with van der Waals surface area (Å²) >= 11 is 0. The van der Waals surface area contributed by atoms with Crippen LogP contribution in [0, 0.1) is 41.0 Å². The van der Waals surface area contributed by atoms with E-state index in [9.17, 15) is 17.6 Å². The van der Waals surface area contributed by atoms with E-state index in [4.69, 9.17) is 0 Å². The van der Waals surface area contributed by atoms with Crippen molar-refractivity contribution in [2.75, 3.05) is 0 Å². The van der Waals surface area contributed by atoms with Gasteiger partial charge in [-0.1, -0.05) is 17.9 Å². The van der Waals surface area contributed by atoms with Gasteiger partial charge >= 0.3 is 0 Å². The number of rotatable bonds is 4. The minimum absolute atomic E-state index is 0.150. The summed E-state index contributed by atoms with van der Waals surface area (Å²) in [7, 11) is 0. The lowest BCUT2D eigenvalue weighted by Gasteiger charge is -2.28. The molecular weight excluding hydrogens is 364 g/mol. The summed E-state index contributed by atoms with van der Waals surface area (Å²) in [4.78, 5) is 0. The van der Waals surface area contributed by atoms with Crippen LogP contribution in [-0.2, 0) is 0 Å². The summed E-state index contributed by atoms with van der Waals surface area (Å²) in [5.41, 5.74) is 0.461. The first-order valence-corrected chi connectivity index (χ1v) is 9.55. The Morgan fingerprint density at radius 2 is 1.54 bits per heavy atom. The van der Waals surface area contributed by atoms with Crippen LogP contribution < -0.4 is 0 Å². The highest BCUT2D eigenvalue weighted by atomic mass is 19.2. The molecule has 3 rings (SSSR count). The molecule has 2 aromatic carbocycles. The van der Waals surface area contributed by atoms with Crippen molar-refractivity contribution in [1.82, 2.24) is 0 Å². The highest BCUT2D eigenvalue weighted by Gasteiger charge is 2.23. The average molecular weight is 386 g/mol. The Bertz CT molecular complexity index is 889. The van der Waals surface area contributed by atoms with Gasteiger partial charge in [0, 0.05) is 5.56 Å². The van der Waals surface area contributed by atoms with Crippen LogP contribution in [0.5, 0.6) is 0 Å². The Balaban J connectivity index is 1.74. The van der Waals surface area contributed by atoms with E-state index in [0.717, 1.165) is 50.7 Å². The molecule has 0 spiro atoms. The maximum Gasteiger partial charge on any atom is 0.160 e. The van der Waals surface area contributed by atoms with Crippen molar-refractivity contribution in [3.63, 3.8) is 0 Å². The van der Waals surface area contributed by atoms with Gasteiger partial charge in [-0.05, 0) is 86.3 Å². The molecule has 0 unspecified atom stereocenters. The summed E-state index contributed by atoms with van der Waals surface area (Å²) in [5, 5.41) is 0. The molecule has 4 heteroatoms. The lowest BCUT2D eigenvalue weighted by molar-refractivity contribution is 0.311. The van der Waals surface area contributed by atoms with Crippen molar-refractivity contribution in [3.8, 4) is 11.8 Å². The summed E-state index contributed by atoms with van der Waals surface area (Å²) in [6.07, 6.45) is 8.00. The van der Waals surface area contributed by atoms with Crippen LogP contribution in [0.4, 0.5) is 17.6 Å². The minimum atomic E-state index is -1.05. The molecule has 0 aliphatic heterocycles. The third-order valence-corrected chi connectivity index (χ3v) is 5.41. The summed E-state index contributed by atoms with van der Waals surface area (Å²) in [5.74, 6) is 2.21. The fourth-order valence-electron chi connectivity index (χ4n) is 3.79. The Kier molecular flexibility index (Phi) is 6.57. The average Bonchev–Trinajstić information content (AvgIpc) is 2.68. The predicted octanol–water partition coefficient (Wildman–Crippen LogP) is 6.88. The second-order valence-electron chi connectivity index (χ2n) is 7.32. The van der Waals surface area contributed by atoms with Crippen molar-refractivity contribution in [1.29, 1.82) is 0 Å². The smallest absolute Gasteiger partial charge is 0.160 e. The van der Waals surface area contributed by atoms with Crippen LogP contribution in [0.1, 0.15) is 61.1 Å². The minimum Gasteiger partial charge on any atom is -0.206 e. The number of benzene rings is 2. The Morgan fingerprint density at radius 3 is 2.14 bits per heavy atom. The zero-order valence-electron chi connectivity index (χ0n) is 15.6. The fourth-order valence-corrected chi connectivity index (χ4v) is 3.79. The number of halogens is 4. The van der Waals surface area contributed by atoms with Gasteiger partial charge in [0.15, 0.2) is 11.6 Å². The first kappa shape index (κ1) is 20.2. The maximum atomic E-state index is 14.5. The molecule has 0 radical (unpaired) electrons. The van der Waals surface area contributed by atoms with E-state index in [1.807, 2.05) is 6.08 Å². The van der Waals surface area contributed by atoms with Crippen LogP contribution in [0.15, 0.2) is 43.0 Å². The van der Waals surface area contributed by atoms with Crippen LogP contribution in [-0.4, -0.2) is 0 Å². The number of hydrogen-bond acceptors (Lipinski definition) is 0. The monoisotopic (exact) mass is 386 g/mol. The molecule has 1 aliphatic rings. The lowest BCUT2D eigenvalue weighted by Crippen LogP contribution is -2.14. The van der Waals surface area contributed by atoms with E-state index in [2.05, 4.69) is 18.4 Å². The van der Waals surface area contributed by atoms with E-state index < -0.39 is 23.3 Å². The van der Waals surface area contributed by atoms with Crippen molar-refractivity contribution in [2.24, 2.45) is 5.92 Å².